The van der Waals surface area contributed by atoms with Gasteiger partial charge < -0.3 is 10.4 Å². The minimum Gasteiger partial charge on any atom is -0.396 e. The molecule has 1 aromatic rings. The van der Waals surface area contributed by atoms with E-state index >= 15 is 0 Å². The molecule has 0 bridgehead atoms. The Kier molecular flexibility index (Phi) is 6.06. The molecule has 1 saturated carbocycles. The highest BCUT2D eigenvalue weighted by Gasteiger charge is 2.33. The second kappa shape index (κ2) is 7.80. The van der Waals surface area contributed by atoms with Crippen LogP contribution in [0.25, 0.3) is 0 Å². The molecule has 0 unspecified atom stereocenters. The number of hydrogen-bond donors (Lipinski definition) is 2. The van der Waals surface area contributed by atoms with Crippen molar-refractivity contribution in [1.82, 2.24) is 5.32 Å². The second-order valence-electron chi connectivity index (χ2n) is 5.69. The van der Waals surface area contributed by atoms with Crippen LogP contribution in [0.5, 0.6) is 0 Å². The molecule has 0 heterocycles. The summed E-state index contributed by atoms with van der Waals surface area (Å²) in [5, 5.41) is 12.4. The number of nitrogens with one attached hydrogen (secondary N) is 1. The summed E-state index contributed by atoms with van der Waals surface area (Å²) in [7, 11) is 0. The van der Waals surface area contributed by atoms with Crippen molar-refractivity contribution in [2.24, 2.45) is 5.41 Å². The third-order valence-corrected chi connectivity index (χ3v) is 5.09. The number of carbonyl (C=O) groups is 1. The summed E-state index contributed by atoms with van der Waals surface area (Å²) >= 11 is 1.54. The molecule has 0 radical (unpaired) electrons. The van der Waals surface area contributed by atoms with Crippen LogP contribution in [0, 0.1) is 11.2 Å². The predicted octanol–water partition coefficient (Wildman–Crippen LogP) is 2.98. The Morgan fingerprint density at radius 2 is 1.95 bits per heavy atom. The minimum atomic E-state index is -0.247. The molecule has 0 aromatic heterocycles. The number of aliphatic hydroxyl groups excluding tert-OH is 1. The van der Waals surface area contributed by atoms with E-state index in [0.29, 0.717) is 18.7 Å². The quantitative estimate of drug-likeness (QED) is 0.761. The van der Waals surface area contributed by atoms with E-state index in [2.05, 4.69) is 5.32 Å². The van der Waals surface area contributed by atoms with Gasteiger partial charge in [0.25, 0.3) is 0 Å². The number of carbonyl (C=O) groups excluding carboxylic acids is 1. The first kappa shape index (κ1) is 16.3. The molecule has 116 valence electrons. The molecule has 0 spiro atoms. The van der Waals surface area contributed by atoms with Crippen LogP contribution in [0.2, 0.25) is 0 Å². The van der Waals surface area contributed by atoms with Crippen LogP contribution >= 0.6 is 11.8 Å². The molecule has 0 atom stereocenters. The SMILES string of the molecule is O=C(CCSc1ccc(F)cc1)NCC1(CO)CCCC1. The molecule has 1 aliphatic rings. The molecule has 0 aliphatic heterocycles. The molecule has 2 rings (SSSR count). The number of aliphatic hydroxyl groups is 1. The van der Waals surface area contributed by atoms with Crippen molar-refractivity contribution in [1.29, 1.82) is 0 Å². The zero-order valence-corrected chi connectivity index (χ0v) is 12.9. The van der Waals surface area contributed by atoms with Gasteiger partial charge in [-0.2, -0.15) is 0 Å². The van der Waals surface area contributed by atoms with Crippen molar-refractivity contribution in [3.63, 3.8) is 0 Å². The smallest absolute Gasteiger partial charge is 0.220 e. The Labute approximate surface area is 129 Å². The number of amides is 1. The minimum absolute atomic E-state index is 0.0179. The van der Waals surface area contributed by atoms with Gasteiger partial charge in [0.15, 0.2) is 0 Å². The molecule has 21 heavy (non-hydrogen) atoms. The number of rotatable bonds is 7. The number of thioether (sulfide) groups is 1. The van der Waals surface area contributed by atoms with Gasteiger partial charge in [0, 0.05) is 29.0 Å². The third-order valence-electron chi connectivity index (χ3n) is 4.07. The highest BCUT2D eigenvalue weighted by Crippen LogP contribution is 2.36. The maximum atomic E-state index is 12.8. The van der Waals surface area contributed by atoms with Crippen LogP contribution in [-0.4, -0.2) is 29.9 Å². The molecule has 1 fully saturated rings. The first-order valence-corrected chi connectivity index (χ1v) is 8.38. The van der Waals surface area contributed by atoms with Crippen LogP contribution < -0.4 is 5.32 Å². The van der Waals surface area contributed by atoms with Gasteiger partial charge in [-0.15, -0.1) is 11.8 Å². The van der Waals surface area contributed by atoms with E-state index in [4.69, 9.17) is 0 Å². The first-order valence-electron chi connectivity index (χ1n) is 7.39. The third kappa shape index (κ3) is 5.00. The molecule has 3 nitrogen and oxygen atoms in total. The van der Waals surface area contributed by atoms with Crippen LogP contribution in [0.3, 0.4) is 0 Å². The summed E-state index contributed by atoms with van der Waals surface area (Å²) in [5.41, 5.74) is -0.0975. The Balaban J connectivity index is 1.66. The van der Waals surface area contributed by atoms with Crippen molar-refractivity contribution in [2.45, 2.75) is 37.0 Å². The topological polar surface area (TPSA) is 49.3 Å². The van der Waals surface area contributed by atoms with E-state index in [1.807, 2.05) is 0 Å². The molecular weight excluding hydrogens is 289 g/mol. The summed E-state index contributed by atoms with van der Waals surface area (Å²) in [6, 6.07) is 6.29. The fraction of sp³-hybridized carbons (Fsp3) is 0.562. The lowest BCUT2D eigenvalue weighted by Gasteiger charge is -2.26. The molecule has 1 aromatic carbocycles. The van der Waals surface area contributed by atoms with Crippen molar-refractivity contribution in [2.75, 3.05) is 18.9 Å². The van der Waals surface area contributed by atoms with Crippen molar-refractivity contribution >= 4 is 17.7 Å². The summed E-state index contributed by atoms with van der Waals surface area (Å²) < 4.78 is 12.8. The Hall–Kier alpha value is -1.07. The van der Waals surface area contributed by atoms with Gasteiger partial charge in [-0.1, -0.05) is 12.8 Å². The van der Waals surface area contributed by atoms with Crippen LogP contribution in [-0.2, 0) is 4.79 Å². The van der Waals surface area contributed by atoms with Gasteiger partial charge in [-0.3, -0.25) is 4.79 Å². The van der Waals surface area contributed by atoms with Crippen LogP contribution in [0.4, 0.5) is 4.39 Å². The van der Waals surface area contributed by atoms with E-state index in [9.17, 15) is 14.3 Å². The summed E-state index contributed by atoms with van der Waals surface area (Å²) in [6.07, 6.45) is 4.69. The van der Waals surface area contributed by atoms with E-state index in [0.717, 1.165) is 30.6 Å². The van der Waals surface area contributed by atoms with Gasteiger partial charge in [-0.05, 0) is 37.1 Å². The summed E-state index contributed by atoms with van der Waals surface area (Å²) in [6.45, 7) is 0.723. The standard InChI is InChI=1S/C16H22FNO2S/c17-13-3-5-14(6-4-13)21-10-7-15(20)18-11-16(12-19)8-1-2-9-16/h3-6,19H,1-2,7-12H2,(H,18,20). The van der Waals surface area contributed by atoms with E-state index in [-0.39, 0.29) is 23.7 Å². The highest BCUT2D eigenvalue weighted by atomic mass is 32.2. The fourth-order valence-electron chi connectivity index (χ4n) is 2.68. The Morgan fingerprint density at radius 3 is 2.57 bits per heavy atom. The predicted molar refractivity (Wildman–Crippen MR) is 82.7 cm³/mol. The largest absolute Gasteiger partial charge is 0.396 e. The van der Waals surface area contributed by atoms with Crippen molar-refractivity contribution in [3.8, 4) is 0 Å². The maximum Gasteiger partial charge on any atom is 0.220 e. The molecule has 5 heteroatoms. The summed E-state index contributed by atoms with van der Waals surface area (Å²) in [4.78, 5) is 12.8. The monoisotopic (exact) mass is 311 g/mol. The fourth-order valence-corrected chi connectivity index (χ4v) is 3.53. The van der Waals surface area contributed by atoms with Gasteiger partial charge >= 0.3 is 0 Å². The average Bonchev–Trinajstić information content (AvgIpc) is 2.97. The van der Waals surface area contributed by atoms with E-state index < -0.39 is 0 Å². The molecule has 1 aliphatic carbocycles. The molecular formula is C16H22FNO2S. The van der Waals surface area contributed by atoms with Gasteiger partial charge in [0.1, 0.15) is 5.82 Å². The number of halogens is 1. The maximum absolute atomic E-state index is 12.8. The Morgan fingerprint density at radius 1 is 1.29 bits per heavy atom. The zero-order valence-electron chi connectivity index (χ0n) is 12.1. The Bertz CT molecular complexity index is 458. The van der Waals surface area contributed by atoms with Gasteiger partial charge in [0.05, 0.1) is 6.61 Å². The number of hydrogen-bond acceptors (Lipinski definition) is 3. The van der Waals surface area contributed by atoms with Gasteiger partial charge in [0.2, 0.25) is 5.91 Å². The average molecular weight is 311 g/mol. The van der Waals surface area contributed by atoms with Crippen molar-refractivity contribution < 1.29 is 14.3 Å². The first-order chi connectivity index (χ1) is 10.1. The van der Waals surface area contributed by atoms with E-state index in [1.54, 1.807) is 23.9 Å². The second-order valence-corrected chi connectivity index (χ2v) is 6.86. The van der Waals surface area contributed by atoms with E-state index in [1.165, 1.54) is 12.1 Å². The molecule has 0 saturated heterocycles. The molecule has 1 amide bonds. The van der Waals surface area contributed by atoms with Crippen LogP contribution in [0.15, 0.2) is 29.2 Å². The van der Waals surface area contributed by atoms with Gasteiger partial charge in [-0.25, -0.2) is 4.39 Å². The lowest BCUT2D eigenvalue weighted by Crippen LogP contribution is -2.38. The number of benzene rings is 1. The normalized spacial score (nSPS) is 16.9. The highest BCUT2D eigenvalue weighted by molar-refractivity contribution is 7.99. The molecule has 2 N–H and O–H groups in total. The summed E-state index contributed by atoms with van der Waals surface area (Å²) in [5.74, 6) is 0.441. The van der Waals surface area contributed by atoms with Crippen LogP contribution in [0.1, 0.15) is 32.1 Å². The lowest BCUT2D eigenvalue weighted by atomic mass is 9.87. The zero-order chi connectivity index (χ0) is 15.1. The van der Waals surface area contributed by atoms with Crippen molar-refractivity contribution in [3.05, 3.63) is 30.1 Å². The lowest BCUT2D eigenvalue weighted by molar-refractivity contribution is -0.121.